The zero-order valence-electron chi connectivity index (χ0n) is 15.6. The van der Waals surface area contributed by atoms with Gasteiger partial charge in [0.2, 0.25) is 5.95 Å². The van der Waals surface area contributed by atoms with Crippen molar-refractivity contribution in [3.8, 4) is 17.0 Å². The summed E-state index contributed by atoms with van der Waals surface area (Å²) in [7, 11) is 1.43. The van der Waals surface area contributed by atoms with Crippen molar-refractivity contribution in [1.29, 1.82) is 0 Å². The first kappa shape index (κ1) is 18.2. The third-order valence-electron chi connectivity index (χ3n) is 4.46. The molecule has 0 aliphatic carbocycles. The van der Waals surface area contributed by atoms with Crippen LogP contribution in [0.3, 0.4) is 0 Å². The molecule has 0 bridgehead atoms. The van der Waals surface area contributed by atoms with Gasteiger partial charge in [0, 0.05) is 30.9 Å². The third kappa shape index (κ3) is 3.89. The quantitative estimate of drug-likeness (QED) is 0.699. The lowest BCUT2D eigenvalue weighted by Gasteiger charge is -2.31. The van der Waals surface area contributed by atoms with E-state index in [2.05, 4.69) is 30.4 Å². The molecule has 1 saturated heterocycles. The number of anilines is 3. The highest BCUT2D eigenvalue weighted by Gasteiger charge is 2.19. The lowest BCUT2D eigenvalue weighted by Crippen LogP contribution is -2.42. The van der Waals surface area contributed by atoms with E-state index >= 15 is 0 Å². The van der Waals surface area contributed by atoms with Gasteiger partial charge in [-0.15, -0.1) is 0 Å². The highest BCUT2D eigenvalue weighted by atomic mass is 19.1. The summed E-state index contributed by atoms with van der Waals surface area (Å²) in [5.41, 5.74) is 1.35. The van der Waals surface area contributed by atoms with Crippen LogP contribution in [-0.2, 0) is 4.74 Å². The molecule has 2 aromatic heterocycles. The number of ether oxygens (including phenoxy) is 2. The second kappa shape index (κ2) is 7.81. The summed E-state index contributed by atoms with van der Waals surface area (Å²) in [6.45, 7) is 4.19. The number of hydrogen-bond acceptors (Lipinski definition) is 7. The van der Waals surface area contributed by atoms with Crippen molar-refractivity contribution in [3.63, 3.8) is 0 Å². The number of aromatic amines is 1. The zero-order valence-corrected chi connectivity index (χ0v) is 15.6. The molecule has 4 rings (SSSR count). The minimum Gasteiger partial charge on any atom is -0.494 e. The Bertz CT molecular complexity index is 963. The molecule has 1 aromatic carbocycles. The fourth-order valence-corrected chi connectivity index (χ4v) is 3.07. The van der Waals surface area contributed by atoms with Gasteiger partial charge in [-0.25, -0.2) is 9.37 Å². The molecule has 1 atom stereocenters. The minimum atomic E-state index is -0.427. The SMILES string of the molecule is COc1ccc(-c2cc(Nc3ccnc(N4CCO[C@@H](C)C4)n3)n[nH]2)cc1F. The van der Waals surface area contributed by atoms with E-state index < -0.39 is 5.82 Å². The van der Waals surface area contributed by atoms with E-state index in [1.165, 1.54) is 13.2 Å². The first-order chi connectivity index (χ1) is 13.6. The van der Waals surface area contributed by atoms with Crippen LogP contribution >= 0.6 is 0 Å². The Hall–Kier alpha value is -3.20. The number of nitrogens with zero attached hydrogens (tertiary/aromatic N) is 4. The van der Waals surface area contributed by atoms with Gasteiger partial charge in [0.15, 0.2) is 17.4 Å². The first-order valence-corrected chi connectivity index (χ1v) is 8.98. The number of methoxy groups -OCH3 is 1. The van der Waals surface area contributed by atoms with Crippen LogP contribution < -0.4 is 15.0 Å². The lowest BCUT2D eigenvalue weighted by molar-refractivity contribution is 0.0526. The monoisotopic (exact) mass is 384 g/mol. The van der Waals surface area contributed by atoms with Gasteiger partial charge in [-0.05, 0) is 31.2 Å². The standard InChI is InChI=1S/C19H21FN6O2/c1-12-11-26(7-8-28-12)19-21-6-5-17(23-19)22-18-10-15(24-25-18)13-3-4-16(27-2)14(20)9-13/h3-6,9-10,12H,7-8,11H2,1-2H3,(H2,21,22,23,24,25)/t12-/m0/s1. The number of H-pyrrole nitrogens is 1. The molecule has 0 radical (unpaired) electrons. The third-order valence-corrected chi connectivity index (χ3v) is 4.46. The molecule has 1 fully saturated rings. The summed E-state index contributed by atoms with van der Waals surface area (Å²) < 4.78 is 24.4. The fraction of sp³-hybridized carbons (Fsp3) is 0.316. The maximum absolute atomic E-state index is 13.9. The van der Waals surface area contributed by atoms with Gasteiger partial charge >= 0.3 is 0 Å². The van der Waals surface area contributed by atoms with Gasteiger partial charge in [-0.2, -0.15) is 10.1 Å². The average molecular weight is 384 g/mol. The van der Waals surface area contributed by atoms with Crippen molar-refractivity contribution in [2.75, 3.05) is 37.0 Å². The molecule has 1 aliphatic rings. The van der Waals surface area contributed by atoms with E-state index in [0.29, 0.717) is 35.4 Å². The molecule has 0 amide bonds. The molecule has 0 saturated carbocycles. The van der Waals surface area contributed by atoms with Crippen LogP contribution in [0.1, 0.15) is 6.92 Å². The molecule has 2 N–H and O–H groups in total. The Morgan fingerprint density at radius 2 is 2.18 bits per heavy atom. The van der Waals surface area contributed by atoms with Crippen LogP contribution in [0.25, 0.3) is 11.3 Å². The molecular weight excluding hydrogens is 363 g/mol. The van der Waals surface area contributed by atoms with Crippen molar-refractivity contribution in [2.24, 2.45) is 0 Å². The van der Waals surface area contributed by atoms with Crippen LogP contribution in [-0.4, -0.2) is 53.1 Å². The molecule has 0 spiro atoms. The average Bonchev–Trinajstić information content (AvgIpc) is 3.16. The lowest BCUT2D eigenvalue weighted by atomic mass is 10.1. The second-order valence-electron chi connectivity index (χ2n) is 6.51. The van der Waals surface area contributed by atoms with Crippen LogP contribution in [0.5, 0.6) is 5.75 Å². The molecular formula is C19H21FN6O2. The predicted octanol–water partition coefficient (Wildman–Crippen LogP) is 2.98. The molecule has 9 heteroatoms. The van der Waals surface area contributed by atoms with Crippen LogP contribution in [0.2, 0.25) is 0 Å². The van der Waals surface area contributed by atoms with E-state index in [9.17, 15) is 4.39 Å². The van der Waals surface area contributed by atoms with Crippen molar-refractivity contribution < 1.29 is 13.9 Å². The predicted molar refractivity (Wildman–Crippen MR) is 103 cm³/mol. The highest BCUT2D eigenvalue weighted by molar-refractivity contribution is 5.66. The van der Waals surface area contributed by atoms with E-state index in [0.717, 1.165) is 13.1 Å². The molecule has 146 valence electrons. The number of aromatic nitrogens is 4. The van der Waals surface area contributed by atoms with Crippen molar-refractivity contribution >= 4 is 17.6 Å². The number of halogens is 1. The normalized spacial score (nSPS) is 16.8. The molecule has 1 aliphatic heterocycles. The molecule has 3 aromatic rings. The van der Waals surface area contributed by atoms with Gasteiger partial charge in [0.25, 0.3) is 0 Å². The largest absolute Gasteiger partial charge is 0.494 e. The van der Waals surface area contributed by atoms with E-state index in [4.69, 9.17) is 9.47 Å². The summed E-state index contributed by atoms with van der Waals surface area (Å²) in [6.07, 6.45) is 1.85. The van der Waals surface area contributed by atoms with Crippen LogP contribution in [0, 0.1) is 5.82 Å². The number of rotatable bonds is 5. The molecule has 28 heavy (non-hydrogen) atoms. The Labute approximate surface area is 161 Å². The van der Waals surface area contributed by atoms with E-state index in [1.807, 2.05) is 6.92 Å². The number of morpholine rings is 1. The Balaban J connectivity index is 1.50. The summed E-state index contributed by atoms with van der Waals surface area (Å²) in [5.74, 6) is 1.62. The van der Waals surface area contributed by atoms with Crippen molar-refractivity contribution in [2.45, 2.75) is 13.0 Å². The van der Waals surface area contributed by atoms with Gasteiger partial charge in [0.1, 0.15) is 5.82 Å². The Kier molecular flexibility index (Phi) is 5.07. The minimum absolute atomic E-state index is 0.146. The van der Waals surface area contributed by atoms with E-state index in [1.54, 1.807) is 30.5 Å². The second-order valence-corrected chi connectivity index (χ2v) is 6.51. The van der Waals surface area contributed by atoms with Gasteiger partial charge in [-0.1, -0.05) is 0 Å². The zero-order chi connectivity index (χ0) is 19.5. The Morgan fingerprint density at radius 3 is 2.96 bits per heavy atom. The molecule has 3 heterocycles. The smallest absolute Gasteiger partial charge is 0.227 e. The first-order valence-electron chi connectivity index (χ1n) is 8.98. The van der Waals surface area contributed by atoms with Crippen LogP contribution in [0.4, 0.5) is 22.0 Å². The summed E-state index contributed by atoms with van der Waals surface area (Å²) in [4.78, 5) is 11.0. The summed E-state index contributed by atoms with van der Waals surface area (Å²) in [5, 5.41) is 10.3. The number of benzene rings is 1. The Morgan fingerprint density at radius 1 is 1.29 bits per heavy atom. The topological polar surface area (TPSA) is 88.2 Å². The van der Waals surface area contributed by atoms with E-state index in [-0.39, 0.29) is 11.9 Å². The summed E-state index contributed by atoms with van der Waals surface area (Å²) in [6, 6.07) is 8.31. The van der Waals surface area contributed by atoms with Crippen molar-refractivity contribution in [3.05, 3.63) is 42.3 Å². The summed E-state index contributed by atoms with van der Waals surface area (Å²) >= 11 is 0. The van der Waals surface area contributed by atoms with Gasteiger partial charge in [0.05, 0.1) is 25.5 Å². The number of hydrogen-bond donors (Lipinski definition) is 2. The highest BCUT2D eigenvalue weighted by Crippen LogP contribution is 2.26. The maximum atomic E-state index is 13.9. The molecule has 8 nitrogen and oxygen atoms in total. The fourth-order valence-electron chi connectivity index (χ4n) is 3.07. The van der Waals surface area contributed by atoms with Crippen LogP contribution in [0.15, 0.2) is 36.5 Å². The molecule has 0 unspecified atom stereocenters. The van der Waals surface area contributed by atoms with Crippen molar-refractivity contribution in [1.82, 2.24) is 20.2 Å². The van der Waals surface area contributed by atoms with Gasteiger partial charge < -0.3 is 19.7 Å². The number of nitrogens with one attached hydrogen (secondary N) is 2. The van der Waals surface area contributed by atoms with Gasteiger partial charge in [-0.3, -0.25) is 5.10 Å². The maximum Gasteiger partial charge on any atom is 0.227 e.